The van der Waals surface area contributed by atoms with E-state index in [1.165, 1.54) is 0 Å². The molecule has 1 aromatic carbocycles. The maximum absolute atomic E-state index is 11.7. The van der Waals surface area contributed by atoms with Crippen LogP contribution < -0.4 is 16.0 Å². The van der Waals surface area contributed by atoms with Gasteiger partial charge < -0.3 is 16.0 Å². The first-order valence-corrected chi connectivity index (χ1v) is 6.75. The van der Waals surface area contributed by atoms with E-state index < -0.39 is 0 Å². The Kier molecular flexibility index (Phi) is 5.55. The van der Waals surface area contributed by atoms with Gasteiger partial charge in [0.25, 0.3) is 0 Å². The summed E-state index contributed by atoms with van der Waals surface area (Å²) in [7, 11) is 0. The zero-order valence-electron chi connectivity index (χ0n) is 12.5. The molecule has 110 valence electrons. The topological polar surface area (TPSA) is 70.2 Å². The van der Waals surface area contributed by atoms with Crippen molar-refractivity contribution in [3.8, 4) is 0 Å². The molecule has 0 aromatic heterocycles. The van der Waals surface area contributed by atoms with Crippen molar-refractivity contribution in [3.63, 3.8) is 0 Å². The van der Waals surface area contributed by atoms with Gasteiger partial charge in [-0.05, 0) is 39.0 Å². The lowest BCUT2D eigenvalue weighted by Crippen LogP contribution is -2.43. The Balaban J connectivity index is 2.54. The highest BCUT2D eigenvalue weighted by Gasteiger charge is 2.13. The van der Waals surface area contributed by atoms with E-state index in [4.69, 9.17) is 0 Å². The minimum absolute atomic E-state index is 0.0346. The highest BCUT2D eigenvalue weighted by molar-refractivity contribution is 5.91. The monoisotopic (exact) mass is 277 g/mol. The van der Waals surface area contributed by atoms with E-state index in [1.54, 1.807) is 13.0 Å². The van der Waals surface area contributed by atoms with Gasteiger partial charge in [0.15, 0.2) is 0 Å². The predicted molar refractivity (Wildman–Crippen MR) is 81.7 cm³/mol. The summed E-state index contributed by atoms with van der Waals surface area (Å²) in [6, 6.07) is 7.30. The Bertz CT molecular complexity index is 478. The Morgan fingerprint density at radius 1 is 1.10 bits per heavy atom. The summed E-state index contributed by atoms with van der Waals surface area (Å²) < 4.78 is 0. The van der Waals surface area contributed by atoms with E-state index >= 15 is 0 Å². The minimum Gasteiger partial charge on any atom is -0.376 e. The van der Waals surface area contributed by atoms with Crippen molar-refractivity contribution < 1.29 is 9.59 Å². The molecule has 3 N–H and O–H groups in total. The molecule has 5 nitrogen and oxygen atoms in total. The molecule has 0 unspecified atom stereocenters. The molecule has 0 atom stereocenters. The van der Waals surface area contributed by atoms with Crippen LogP contribution in [-0.2, 0) is 9.59 Å². The van der Waals surface area contributed by atoms with Gasteiger partial charge in [0.05, 0.1) is 6.54 Å². The molecule has 1 aromatic rings. The molecule has 5 heteroatoms. The molecule has 0 saturated heterocycles. The van der Waals surface area contributed by atoms with E-state index in [0.717, 1.165) is 11.4 Å². The number of hydrogen-bond acceptors (Lipinski definition) is 3. The van der Waals surface area contributed by atoms with Crippen LogP contribution >= 0.6 is 0 Å². The summed E-state index contributed by atoms with van der Waals surface area (Å²) in [5.74, 6) is -0.104. The van der Waals surface area contributed by atoms with Crippen LogP contribution in [-0.4, -0.2) is 23.9 Å². The maximum Gasteiger partial charge on any atom is 0.239 e. The number of hydrogen-bond donors (Lipinski definition) is 3. The number of amides is 2. The standard InChI is InChI=1S/C15H23N3O2/c1-5-13(19)17-12-8-6-7-11(9-12)16-10-14(20)18-15(2,3)4/h6-9,16H,5,10H2,1-4H3,(H,17,19)(H,18,20). The highest BCUT2D eigenvalue weighted by Crippen LogP contribution is 2.15. The van der Waals surface area contributed by atoms with Crippen LogP contribution in [0.1, 0.15) is 34.1 Å². The van der Waals surface area contributed by atoms with Gasteiger partial charge in [-0.25, -0.2) is 0 Å². The zero-order chi connectivity index (χ0) is 15.2. The molecule has 0 spiro atoms. The van der Waals surface area contributed by atoms with Gasteiger partial charge in [0.1, 0.15) is 0 Å². The lowest BCUT2D eigenvalue weighted by molar-refractivity contribution is -0.120. The fraction of sp³-hybridized carbons (Fsp3) is 0.467. The van der Waals surface area contributed by atoms with Crippen LogP contribution in [0.25, 0.3) is 0 Å². The van der Waals surface area contributed by atoms with Crippen molar-refractivity contribution in [1.82, 2.24) is 5.32 Å². The van der Waals surface area contributed by atoms with E-state index in [-0.39, 0.29) is 23.9 Å². The van der Waals surface area contributed by atoms with Gasteiger partial charge in [0.2, 0.25) is 11.8 Å². The van der Waals surface area contributed by atoms with E-state index in [0.29, 0.717) is 6.42 Å². The third kappa shape index (κ3) is 6.22. The van der Waals surface area contributed by atoms with E-state index in [2.05, 4.69) is 16.0 Å². The lowest BCUT2D eigenvalue weighted by Gasteiger charge is -2.20. The Morgan fingerprint density at radius 2 is 1.75 bits per heavy atom. The molecule has 1 rings (SSSR count). The number of rotatable bonds is 5. The second kappa shape index (κ2) is 6.93. The number of anilines is 2. The molecule has 0 aliphatic carbocycles. The zero-order valence-corrected chi connectivity index (χ0v) is 12.5. The minimum atomic E-state index is -0.240. The van der Waals surface area contributed by atoms with Crippen LogP contribution in [0.5, 0.6) is 0 Å². The smallest absolute Gasteiger partial charge is 0.239 e. The average molecular weight is 277 g/mol. The fourth-order valence-corrected chi connectivity index (χ4v) is 1.60. The molecular weight excluding hydrogens is 254 g/mol. The largest absolute Gasteiger partial charge is 0.376 e. The normalized spacial score (nSPS) is 10.8. The number of benzene rings is 1. The van der Waals surface area contributed by atoms with Crippen molar-refractivity contribution in [2.45, 2.75) is 39.7 Å². The first-order valence-electron chi connectivity index (χ1n) is 6.75. The van der Waals surface area contributed by atoms with Gasteiger partial charge in [-0.1, -0.05) is 13.0 Å². The van der Waals surface area contributed by atoms with Crippen molar-refractivity contribution in [1.29, 1.82) is 0 Å². The third-order valence-corrected chi connectivity index (χ3v) is 2.43. The second-order valence-corrected chi connectivity index (χ2v) is 5.63. The van der Waals surface area contributed by atoms with Gasteiger partial charge >= 0.3 is 0 Å². The Morgan fingerprint density at radius 3 is 2.35 bits per heavy atom. The summed E-state index contributed by atoms with van der Waals surface area (Å²) in [4.78, 5) is 23.0. The molecule has 0 aliphatic heterocycles. The Hall–Kier alpha value is -2.04. The molecule has 2 amide bonds. The van der Waals surface area contributed by atoms with E-state index in [9.17, 15) is 9.59 Å². The molecule has 0 saturated carbocycles. The van der Waals surface area contributed by atoms with E-state index in [1.807, 2.05) is 39.0 Å². The summed E-state index contributed by atoms with van der Waals surface area (Å²) in [6.07, 6.45) is 0.436. The number of nitrogens with one attached hydrogen (secondary N) is 3. The summed E-state index contributed by atoms with van der Waals surface area (Å²) in [5.41, 5.74) is 1.27. The Labute approximate surface area is 120 Å². The summed E-state index contributed by atoms with van der Waals surface area (Å²) in [6.45, 7) is 7.81. The van der Waals surface area contributed by atoms with Crippen LogP contribution in [0.3, 0.4) is 0 Å². The van der Waals surface area contributed by atoms with Gasteiger partial charge in [-0.15, -0.1) is 0 Å². The molecule has 0 radical (unpaired) electrons. The first kappa shape index (κ1) is 16.0. The number of carbonyl (C=O) groups excluding carboxylic acids is 2. The van der Waals surface area contributed by atoms with Crippen LogP contribution in [0.15, 0.2) is 24.3 Å². The average Bonchev–Trinajstić information content (AvgIpc) is 2.34. The van der Waals surface area contributed by atoms with Crippen LogP contribution in [0.4, 0.5) is 11.4 Å². The van der Waals surface area contributed by atoms with Crippen LogP contribution in [0, 0.1) is 0 Å². The number of carbonyl (C=O) groups is 2. The van der Waals surface area contributed by atoms with Crippen molar-refractivity contribution in [2.75, 3.05) is 17.2 Å². The summed E-state index contributed by atoms with van der Waals surface area (Å²) in [5, 5.41) is 8.69. The fourth-order valence-electron chi connectivity index (χ4n) is 1.60. The van der Waals surface area contributed by atoms with Crippen LogP contribution in [0.2, 0.25) is 0 Å². The lowest BCUT2D eigenvalue weighted by atomic mass is 10.1. The molecule has 20 heavy (non-hydrogen) atoms. The highest BCUT2D eigenvalue weighted by atomic mass is 16.2. The quantitative estimate of drug-likeness (QED) is 0.774. The van der Waals surface area contributed by atoms with Crippen molar-refractivity contribution in [2.24, 2.45) is 0 Å². The molecule has 0 aliphatic rings. The maximum atomic E-state index is 11.7. The second-order valence-electron chi connectivity index (χ2n) is 5.63. The van der Waals surface area contributed by atoms with Gasteiger partial charge in [-0.3, -0.25) is 9.59 Å². The molecule has 0 heterocycles. The first-order chi connectivity index (χ1) is 9.30. The van der Waals surface area contributed by atoms with Crippen molar-refractivity contribution in [3.05, 3.63) is 24.3 Å². The summed E-state index contributed by atoms with van der Waals surface area (Å²) >= 11 is 0. The molecule has 0 bridgehead atoms. The van der Waals surface area contributed by atoms with Gasteiger partial charge in [0, 0.05) is 23.3 Å². The van der Waals surface area contributed by atoms with Crippen molar-refractivity contribution >= 4 is 23.2 Å². The molecular formula is C15H23N3O2. The SMILES string of the molecule is CCC(=O)Nc1cccc(NCC(=O)NC(C)(C)C)c1. The third-order valence-electron chi connectivity index (χ3n) is 2.43. The molecule has 0 fully saturated rings. The van der Waals surface area contributed by atoms with Gasteiger partial charge in [-0.2, -0.15) is 0 Å². The predicted octanol–water partition coefficient (Wildman–Crippen LogP) is 2.36.